The summed E-state index contributed by atoms with van der Waals surface area (Å²) in [6.45, 7) is 0. The average molecular weight is 333 g/mol. The van der Waals surface area contributed by atoms with Crippen LogP contribution in [0.5, 0.6) is 5.75 Å². The second-order valence-electron chi connectivity index (χ2n) is 5.12. The molecule has 0 fully saturated rings. The van der Waals surface area contributed by atoms with Gasteiger partial charge in [-0.25, -0.2) is 0 Å². The predicted molar refractivity (Wildman–Crippen MR) is 85.1 cm³/mol. The summed E-state index contributed by atoms with van der Waals surface area (Å²) in [7, 11) is 1.86. The zero-order valence-corrected chi connectivity index (χ0v) is 12.7. The monoisotopic (exact) mass is 333 g/mol. The first-order valence-electron chi connectivity index (χ1n) is 7.12. The summed E-state index contributed by atoms with van der Waals surface area (Å²) in [6.07, 6.45) is -2.97. The minimum Gasteiger partial charge on any atom is -0.406 e. The molecule has 0 radical (unpaired) electrons. The third-order valence-corrected chi connectivity index (χ3v) is 3.36. The number of halogens is 3. The van der Waals surface area contributed by atoms with Gasteiger partial charge in [0.2, 0.25) is 0 Å². The Labute approximate surface area is 136 Å². The van der Waals surface area contributed by atoms with E-state index in [1.54, 1.807) is 10.9 Å². The van der Waals surface area contributed by atoms with Gasteiger partial charge in [-0.2, -0.15) is 5.10 Å². The van der Waals surface area contributed by atoms with Crippen molar-refractivity contribution in [2.75, 3.05) is 5.32 Å². The van der Waals surface area contributed by atoms with Crippen LogP contribution in [-0.4, -0.2) is 16.1 Å². The van der Waals surface area contributed by atoms with E-state index in [4.69, 9.17) is 0 Å². The third kappa shape index (κ3) is 3.87. The molecule has 24 heavy (non-hydrogen) atoms. The van der Waals surface area contributed by atoms with Crippen molar-refractivity contribution in [3.8, 4) is 17.0 Å². The normalized spacial score (nSPS) is 11.3. The number of aromatic nitrogens is 2. The van der Waals surface area contributed by atoms with E-state index < -0.39 is 6.36 Å². The molecule has 1 aromatic heterocycles. The van der Waals surface area contributed by atoms with E-state index in [2.05, 4.69) is 15.2 Å². The van der Waals surface area contributed by atoms with Gasteiger partial charge in [-0.1, -0.05) is 12.1 Å². The van der Waals surface area contributed by atoms with Gasteiger partial charge >= 0.3 is 6.36 Å². The molecule has 7 heteroatoms. The van der Waals surface area contributed by atoms with Gasteiger partial charge in [0.15, 0.2) is 0 Å². The van der Waals surface area contributed by atoms with Gasteiger partial charge in [0.05, 0.1) is 5.69 Å². The quantitative estimate of drug-likeness (QED) is 0.750. The lowest BCUT2D eigenvalue weighted by molar-refractivity contribution is -0.274. The lowest BCUT2D eigenvalue weighted by Crippen LogP contribution is -2.16. The van der Waals surface area contributed by atoms with E-state index in [0.29, 0.717) is 5.69 Å². The largest absolute Gasteiger partial charge is 0.573 e. The topological polar surface area (TPSA) is 39.1 Å². The molecule has 0 unspecified atom stereocenters. The maximum Gasteiger partial charge on any atom is 0.573 e. The van der Waals surface area contributed by atoms with E-state index in [0.717, 1.165) is 16.9 Å². The number of anilines is 2. The molecule has 1 N–H and O–H groups in total. The average Bonchev–Trinajstić information content (AvgIpc) is 2.94. The Kier molecular flexibility index (Phi) is 4.16. The number of benzene rings is 2. The molecule has 0 aliphatic carbocycles. The number of hydrogen-bond acceptors (Lipinski definition) is 3. The molecule has 0 spiro atoms. The van der Waals surface area contributed by atoms with Crippen molar-refractivity contribution >= 4 is 11.4 Å². The van der Waals surface area contributed by atoms with E-state index in [9.17, 15) is 13.2 Å². The highest BCUT2D eigenvalue weighted by atomic mass is 19.4. The van der Waals surface area contributed by atoms with Gasteiger partial charge in [-0.3, -0.25) is 4.68 Å². The molecule has 0 aliphatic heterocycles. The van der Waals surface area contributed by atoms with Crippen molar-refractivity contribution in [2.24, 2.45) is 7.05 Å². The Morgan fingerprint density at radius 2 is 1.75 bits per heavy atom. The van der Waals surface area contributed by atoms with Crippen molar-refractivity contribution in [2.45, 2.75) is 6.36 Å². The van der Waals surface area contributed by atoms with Crippen molar-refractivity contribution < 1.29 is 17.9 Å². The maximum atomic E-state index is 12.2. The molecule has 1 heterocycles. The minimum absolute atomic E-state index is 0.253. The highest BCUT2D eigenvalue weighted by molar-refractivity contribution is 5.69. The summed E-state index contributed by atoms with van der Waals surface area (Å²) < 4.78 is 42.1. The van der Waals surface area contributed by atoms with Crippen molar-refractivity contribution in [1.29, 1.82) is 0 Å². The molecule has 124 valence electrons. The van der Waals surface area contributed by atoms with Gasteiger partial charge < -0.3 is 10.1 Å². The van der Waals surface area contributed by atoms with E-state index in [1.165, 1.54) is 24.3 Å². The molecule has 0 saturated heterocycles. The summed E-state index contributed by atoms with van der Waals surface area (Å²) in [5.41, 5.74) is 3.43. The zero-order valence-electron chi connectivity index (χ0n) is 12.7. The summed E-state index contributed by atoms with van der Waals surface area (Å²) in [5, 5.41) is 7.29. The van der Waals surface area contributed by atoms with Crippen LogP contribution in [0.3, 0.4) is 0 Å². The SMILES string of the molecule is Cn1nccc1-c1cccc(Nc2ccc(OC(F)(F)F)cc2)c1. The molecule has 2 aromatic carbocycles. The minimum atomic E-state index is -4.69. The molecule has 0 amide bonds. The molecule has 0 atom stereocenters. The molecule has 3 rings (SSSR count). The van der Waals surface area contributed by atoms with Crippen LogP contribution in [0.4, 0.5) is 24.5 Å². The fraction of sp³-hybridized carbons (Fsp3) is 0.118. The van der Waals surface area contributed by atoms with Gasteiger partial charge in [0, 0.05) is 30.2 Å². The Hall–Kier alpha value is -2.96. The van der Waals surface area contributed by atoms with Crippen molar-refractivity contribution in [3.05, 3.63) is 60.8 Å². The first-order valence-corrected chi connectivity index (χ1v) is 7.12. The van der Waals surface area contributed by atoms with Gasteiger partial charge in [0.1, 0.15) is 5.75 Å². The second-order valence-corrected chi connectivity index (χ2v) is 5.12. The molecule has 0 aliphatic rings. The predicted octanol–water partition coefficient (Wildman–Crippen LogP) is 4.73. The van der Waals surface area contributed by atoms with Crippen molar-refractivity contribution in [1.82, 2.24) is 9.78 Å². The number of nitrogens with zero attached hydrogens (tertiary/aromatic N) is 2. The first-order chi connectivity index (χ1) is 11.4. The summed E-state index contributed by atoms with van der Waals surface area (Å²) in [5.74, 6) is -0.253. The molecular weight excluding hydrogens is 319 g/mol. The number of hydrogen-bond donors (Lipinski definition) is 1. The molecular formula is C17H14F3N3O. The third-order valence-electron chi connectivity index (χ3n) is 3.36. The van der Waals surface area contributed by atoms with Crippen LogP contribution in [-0.2, 0) is 7.05 Å². The van der Waals surface area contributed by atoms with Crippen LogP contribution < -0.4 is 10.1 Å². The number of alkyl halides is 3. The first kappa shape index (κ1) is 15.9. The van der Waals surface area contributed by atoms with Crippen LogP contribution in [0, 0.1) is 0 Å². The summed E-state index contributed by atoms with van der Waals surface area (Å²) >= 11 is 0. The number of ether oxygens (including phenoxy) is 1. The Bertz CT molecular complexity index is 826. The molecule has 4 nitrogen and oxygen atoms in total. The van der Waals surface area contributed by atoms with Crippen LogP contribution in [0.1, 0.15) is 0 Å². The fourth-order valence-corrected chi connectivity index (χ4v) is 2.32. The van der Waals surface area contributed by atoms with Crippen LogP contribution in [0.25, 0.3) is 11.3 Å². The zero-order chi connectivity index (χ0) is 17.2. The molecule has 0 bridgehead atoms. The summed E-state index contributed by atoms with van der Waals surface area (Å²) in [6, 6.07) is 15.2. The Balaban J connectivity index is 1.76. The van der Waals surface area contributed by atoms with E-state index in [1.807, 2.05) is 37.4 Å². The number of rotatable bonds is 4. The highest BCUT2D eigenvalue weighted by Crippen LogP contribution is 2.27. The lowest BCUT2D eigenvalue weighted by atomic mass is 10.1. The Morgan fingerprint density at radius 1 is 1.00 bits per heavy atom. The van der Waals surface area contributed by atoms with Crippen LogP contribution >= 0.6 is 0 Å². The summed E-state index contributed by atoms with van der Waals surface area (Å²) in [4.78, 5) is 0. The van der Waals surface area contributed by atoms with E-state index in [-0.39, 0.29) is 5.75 Å². The number of aryl methyl sites for hydroxylation is 1. The standard InChI is InChI=1S/C17H14F3N3O/c1-23-16(9-10-21-23)12-3-2-4-14(11-12)22-13-5-7-15(8-6-13)24-17(18,19)20/h2-11,22H,1H3. The lowest BCUT2D eigenvalue weighted by Gasteiger charge is -2.11. The number of nitrogens with one attached hydrogen (secondary N) is 1. The molecule has 0 saturated carbocycles. The molecule has 3 aromatic rings. The van der Waals surface area contributed by atoms with Crippen LogP contribution in [0.2, 0.25) is 0 Å². The Morgan fingerprint density at radius 3 is 2.38 bits per heavy atom. The van der Waals surface area contributed by atoms with Gasteiger partial charge in [-0.15, -0.1) is 13.2 Å². The van der Waals surface area contributed by atoms with Crippen LogP contribution in [0.15, 0.2) is 60.8 Å². The van der Waals surface area contributed by atoms with E-state index >= 15 is 0 Å². The van der Waals surface area contributed by atoms with Gasteiger partial charge in [0.25, 0.3) is 0 Å². The van der Waals surface area contributed by atoms with Crippen molar-refractivity contribution in [3.63, 3.8) is 0 Å². The second kappa shape index (κ2) is 6.27. The fourth-order valence-electron chi connectivity index (χ4n) is 2.32. The highest BCUT2D eigenvalue weighted by Gasteiger charge is 2.30. The van der Waals surface area contributed by atoms with Gasteiger partial charge in [-0.05, 0) is 42.5 Å². The maximum absolute atomic E-state index is 12.2. The smallest absolute Gasteiger partial charge is 0.406 e.